The van der Waals surface area contributed by atoms with Crippen LogP contribution in [0.4, 0.5) is 5.69 Å². The van der Waals surface area contributed by atoms with Gasteiger partial charge in [0.25, 0.3) is 5.91 Å². The quantitative estimate of drug-likeness (QED) is 0.477. The van der Waals surface area contributed by atoms with Crippen molar-refractivity contribution in [2.75, 3.05) is 5.32 Å². The number of aryl methyl sites for hydroxylation is 1. The molecule has 1 amide bonds. The fourth-order valence-corrected chi connectivity index (χ4v) is 3.49. The number of anilines is 1. The van der Waals surface area contributed by atoms with Crippen molar-refractivity contribution in [2.24, 2.45) is 0 Å². The maximum atomic E-state index is 12.5. The second kappa shape index (κ2) is 8.75. The topological polar surface area (TPSA) is 73.1 Å². The molecule has 0 aliphatic carbocycles. The minimum atomic E-state index is -0.580. The molecule has 0 saturated carbocycles. The first-order chi connectivity index (χ1) is 13.8. The third-order valence-electron chi connectivity index (χ3n) is 4.44. The normalized spacial score (nSPS) is 11.6. The number of hydrogen-bond donors (Lipinski definition) is 2. The van der Waals surface area contributed by atoms with Gasteiger partial charge in [0.05, 0.1) is 17.6 Å². The molecule has 0 spiro atoms. The van der Waals surface area contributed by atoms with Crippen molar-refractivity contribution >= 4 is 46.4 Å². The van der Waals surface area contributed by atoms with Crippen LogP contribution >= 0.6 is 34.8 Å². The van der Waals surface area contributed by atoms with Gasteiger partial charge in [-0.2, -0.15) is 5.26 Å². The Morgan fingerprint density at radius 1 is 1.03 bits per heavy atom. The van der Waals surface area contributed by atoms with Gasteiger partial charge in [-0.05, 0) is 60.0 Å². The summed E-state index contributed by atoms with van der Waals surface area (Å²) in [4.78, 5) is 12.5. The lowest BCUT2D eigenvalue weighted by molar-refractivity contribution is 0.102. The van der Waals surface area contributed by atoms with Gasteiger partial charge in [-0.3, -0.25) is 4.79 Å². The number of phenols is 1. The zero-order valence-electron chi connectivity index (χ0n) is 15.2. The summed E-state index contributed by atoms with van der Waals surface area (Å²) >= 11 is 18.2. The number of benzene rings is 3. The van der Waals surface area contributed by atoms with Gasteiger partial charge < -0.3 is 10.4 Å². The van der Waals surface area contributed by atoms with E-state index in [1.54, 1.807) is 43.3 Å². The maximum Gasteiger partial charge on any atom is 0.259 e. The summed E-state index contributed by atoms with van der Waals surface area (Å²) in [5.74, 6) is -1.30. The number of rotatable bonds is 4. The molecule has 0 aliphatic heterocycles. The molecule has 0 fully saturated rings. The largest absolute Gasteiger partial charge is 0.507 e. The van der Waals surface area contributed by atoms with E-state index in [2.05, 4.69) is 11.4 Å². The molecule has 4 nitrogen and oxygen atoms in total. The lowest BCUT2D eigenvalue weighted by Gasteiger charge is -2.16. The Hall–Kier alpha value is -2.71. The zero-order chi connectivity index (χ0) is 21.1. The first kappa shape index (κ1) is 21.0. The molecule has 0 radical (unpaired) electrons. The monoisotopic (exact) mass is 444 g/mol. The molecular weight excluding hydrogens is 431 g/mol. The molecule has 0 aromatic heterocycles. The lowest BCUT2D eigenvalue weighted by Crippen LogP contribution is -2.13. The summed E-state index contributed by atoms with van der Waals surface area (Å²) in [7, 11) is 0. The molecule has 0 bridgehead atoms. The summed E-state index contributed by atoms with van der Waals surface area (Å²) in [5.41, 5.74) is 2.68. The van der Waals surface area contributed by atoms with Crippen molar-refractivity contribution in [1.82, 2.24) is 0 Å². The van der Waals surface area contributed by atoms with E-state index in [0.29, 0.717) is 26.3 Å². The highest BCUT2D eigenvalue weighted by atomic mass is 35.5. The maximum absolute atomic E-state index is 12.5. The van der Waals surface area contributed by atoms with E-state index in [-0.39, 0.29) is 11.3 Å². The van der Waals surface area contributed by atoms with Crippen LogP contribution in [0.15, 0.2) is 54.6 Å². The Balaban J connectivity index is 1.92. The van der Waals surface area contributed by atoms with Crippen molar-refractivity contribution in [1.29, 1.82) is 5.26 Å². The molecule has 1 atom stereocenters. The van der Waals surface area contributed by atoms with E-state index in [9.17, 15) is 15.2 Å². The van der Waals surface area contributed by atoms with Crippen molar-refractivity contribution in [2.45, 2.75) is 12.8 Å². The van der Waals surface area contributed by atoms with Gasteiger partial charge in [-0.15, -0.1) is 0 Å². The number of carbonyl (C=O) groups excluding carboxylic acids is 1. The molecule has 0 heterocycles. The third-order valence-corrected chi connectivity index (χ3v) is 5.25. The van der Waals surface area contributed by atoms with Crippen LogP contribution < -0.4 is 5.32 Å². The molecule has 0 aliphatic rings. The minimum absolute atomic E-state index is 0.0880. The molecule has 3 rings (SSSR count). The fraction of sp³-hybridized carbons (Fsp3) is 0.0909. The number of aromatic hydroxyl groups is 1. The van der Waals surface area contributed by atoms with Crippen LogP contribution in [0.5, 0.6) is 5.75 Å². The number of carbonyl (C=O) groups is 1. The molecule has 29 heavy (non-hydrogen) atoms. The summed E-state index contributed by atoms with van der Waals surface area (Å²) in [6, 6.07) is 16.9. The highest BCUT2D eigenvalue weighted by molar-refractivity contribution is 6.32. The number of hydrogen-bond acceptors (Lipinski definition) is 3. The van der Waals surface area contributed by atoms with Crippen LogP contribution in [0.25, 0.3) is 0 Å². The average Bonchev–Trinajstić information content (AvgIpc) is 2.67. The Morgan fingerprint density at radius 3 is 2.31 bits per heavy atom. The van der Waals surface area contributed by atoms with Gasteiger partial charge in [0.1, 0.15) is 5.75 Å². The Bertz CT molecular complexity index is 1120. The summed E-state index contributed by atoms with van der Waals surface area (Å²) < 4.78 is 0. The van der Waals surface area contributed by atoms with Crippen LogP contribution in [0, 0.1) is 18.3 Å². The van der Waals surface area contributed by atoms with E-state index in [1.165, 1.54) is 18.2 Å². The molecule has 2 N–H and O–H groups in total. The first-order valence-electron chi connectivity index (χ1n) is 8.55. The summed E-state index contributed by atoms with van der Waals surface area (Å²) in [6.45, 7) is 1.80. The Morgan fingerprint density at radius 2 is 1.69 bits per heavy atom. The smallest absolute Gasteiger partial charge is 0.259 e. The van der Waals surface area contributed by atoms with Crippen LogP contribution in [-0.4, -0.2) is 11.0 Å². The van der Waals surface area contributed by atoms with Gasteiger partial charge >= 0.3 is 0 Å². The van der Waals surface area contributed by atoms with E-state index in [1.807, 2.05) is 0 Å². The molecule has 7 heteroatoms. The highest BCUT2D eigenvalue weighted by Crippen LogP contribution is 2.34. The van der Waals surface area contributed by atoms with E-state index in [4.69, 9.17) is 34.8 Å². The number of nitrogens with zero attached hydrogens (tertiary/aromatic N) is 1. The molecule has 3 aromatic rings. The summed E-state index contributed by atoms with van der Waals surface area (Å²) in [6.07, 6.45) is 0. The predicted molar refractivity (Wildman–Crippen MR) is 116 cm³/mol. The van der Waals surface area contributed by atoms with Crippen molar-refractivity contribution in [3.05, 3.63) is 91.9 Å². The molecule has 0 saturated heterocycles. The average molecular weight is 446 g/mol. The number of nitrogens with one attached hydrogen (secondary N) is 1. The fourth-order valence-electron chi connectivity index (χ4n) is 2.93. The highest BCUT2D eigenvalue weighted by Gasteiger charge is 2.20. The van der Waals surface area contributed by atoms with Crippen molar-refractivity contribution < 1.29 is 9.90 Å². The van der Waals surface area contributed by atoms with Crippen LogP contribution in [0.2, 0.25) is 15.1 Å². The van der Waals surface area contributed by atoms with Crippen molar-refractivity contribution in [3.63, 3.8) is 0 Å². The zero-order valence-corrected chi connectivity index (χ0v) is 17.5. The lowest BCUT2D eigenvalue weighted by atomic mass is 9.91. The van der Waals surface area contributed by atoms with E-state index < -0.39 is 11.8 Å². The van der Waals surface area contributed by atoms with E-state index >= 15 is 0 Å². The molecular formula is C22H15Cl3N2O2. The standard InChI is InChI=1S/C22H15Cl3N2O2/c1-12-8-17(18(11-26)13-2-4-14(23)5-3-13)19(25)10-20(12)27-22(29)16-7-6-15(24)9-21(16)28/h2-10,18,28H,1H3,(H,27,29). The number of phenolic OH excluding ortho intramolecular Hbond substituents is 1. The molecule has 146 valence electrons. The van der Waals surface area contributed by atoms with Crippen LogP contribution in [-0.2, 0) is 0 Å². The van der Waals surface area contributed by atoms with Gasteiger partial charge in [0.15, 0.2) is 0 Å². The first-order valence-corrected chi connectivity index (χ1v) is 9.68. The SMILES string of the molecule is Cc1cc(C(C#N)c2ccc(Cl)cc2)c(Cl)cc1NC(=O)c1ccc(Cl)cc1O. The third kappa shape index (κ3) is 4.65. The Labute approximate surface area is 183 Å². The minimum Gasteiger partial charge on any atom is -0.507 e. The van der Waals surface area contributed by atoms with Gasteiger partial charge in [0, 0.05) is 20.8 Å². The predicted octanol–water partition coefficient (Wildman–Crippen LogP) is 6.57. The van der Waals surface area contributed by atoms with Gasteiger partial charge in [-0.1, -0.05) is 53.0 Å². The summed E-state index contributed by atoms with van der Waals surface area (Å²) in [5, 5.41) is 23.6. The number of amides is 1. The van der Waals surface area contributed by atoms with Gasteiger partial charge in [-0.25, -0.2) is 0 Å². The number of halogens is 3. The Kier molecular flexibility index (Phi) is 6.34. The second-order valence-electron chi connectivity index (χ2n) is 6.42. The van der Waals surface area contributed by atoms with Gasteiger partial charge in [0.2, 0.25) is 0 Å². The van der Waals surface area contributed by atoms with Crippen molar-refractivity contribution in [3.8, 4) is 11.8 Å². The molecule has 3 aromatic carbocycles. The van der Waals surface area contributed by atoms with Crippen LogP contribution in [0.1, 0.15) is 33.0 Å². The second-order valence-corrected chi connectivity index (χ2v) is 7.70. The molecule has 1 unspecified atom stereocenters. The van der Waals surface area contributed by atoms with E-state index in [0.717, 1.165) is 11.1 Å². The van der Waals surface area contributed by atoms with Crippen LogP contribution in [0.3, 0.4) is 0 Å². The number of nitriles is 1.